The van der Waals surface area contributed by atoms with Crippen molar-refractivity contribution >= 4 is 46.2 Å². The van der Waals surface area contributed by atoms with Gasteiger partial charge >= 0.3 is 0 Å². The summed E-state index contributed by atoms with van der Waals surface area (Å²) in [5.74, 6) is -1.47. The SMILES string of the molecule is N#C[C@H](/C(=N\NC(N)=S)C(=O)Nc1cccc(Cl)c1)c1ccccc1. The van der Waals surface area contributed by atoms with Gasteiger partial charge in [-0.3, -0.25) is 10.2 Å². The number of anilines is 1. The molecule has 0 saturated carbocycles. The highest BCUT2D eigenvalue weighted by atomic mass is 35.5. The van der Waals surface area contributed by atoms with Crippen molar-refractivity contribution in [2.24, 2.45) is 10.8 Å². The monoisotopic (exact) mass is 371 g/mol. The molecule has 0 aliphatic heterocycles. The lowest BCUT2D eigenvalue weighted by Crippen LogP contribution is -2.33. The summed E-state index contributed by atoms with van der Waals surface area (Å²) in [6.07, 6.45) is 0. The Morgan fingerprint density at radius 3 is 2.56 bits per heavy atom. The quantitative estimate of drug-likeness (QED) is 0.426. The Balaban J connectivity index is 2.35. The Morgan fingerprint density at radius 2 is 1.96 bits per heavy atom. The van der Waals surface area contributed by atoms with E-state index in [2.05, 4.69) is 21.9 Å². The first-order chi connectivity index (χ1) is 12.0. The van der Waals surface area contributed by atoms with Crippen LogP contribution in [-0.2, 0) is 4.79 Å². The minimum Gasteiger partial charge on any atom is -0.375 e. The van der Waals surface area contributed by atoms with E-state index in [1.807, 2.05) is 6.07 Å². The predicted octanol–water partition coefficient (Wildman–Crippen LogP) is 2.78. The lowest BCUT2D eigenvalue weighted by molar-refractivity contribution is -0.110. The number of nitrogens with zero attached hydrogens (tertiary/aromatic N) is 2. The Kier molecular flexibility index (Phi) is 6.46. The molecule has 6 nitrogen and oxygen atoms in total. The molecular weight excluding hydrogens is 358 g/mol. The third-order valence-electron chi connectivity index (χ3n) is 3.14. The van der Waals surface area contributed by atoms with E-state index in [0.717, 1.165) is 0 Å². The second-order valence-electron chi connectivity index (χ2n) is 4.91. The van der Waals surface area contributed by atoms with Gasteiger partial charge < -0.3 is 11.1 Å². The molecule has 8 heteroatoms. The predicted molar refractivity (Wildman–Crippen MR) is 102 cm³/mol. The fourth-order valence-corrected chi connectivity index (χ4v) is 2.30. The van der Waals surface area contributed by atoms with Gasteiger partial charge in [0.1, 0.15) is 11.6 Å². The molecule has 0 aliphatic rings. The van der Waals surface area contributed by atoms with E-state index < -0.39 is 11.8 Å². The van der Waals surface area contributed by atoms with Crippen molar-refractivity contribution in [2.75, 3.05) is 5.32 Å². The zero-order chi connectivity index (χ0) is 18.2. The van der Waals surface area contributed by atoms with Crippen molar-refractivity contribution in [3.05, 3.63) is 65.2 Å². The van der Waals surface area contributed by atoms with Crippen LogP contribution in [0.3, 0.4) is 0 Å². The van der Waals surface area contributed by atoms with Gasteiger partial charge in [0, 0.05) is 10.7 Å². The molecule has 0 heterocycles. The van der Waals surface area contributed by atoms with E-state index in [0.29, 0.717) is 16.3 Å². The van der Waals surface area contributed by atoms with E-state index >= 15 is 0 Å². The first-order valence-corrected chi connectivity index (χ1v) is 7.94. The molecular formula is C17H14ClN5OS. The Bertz CT molecular complexity index is 848. The second-order valence-corrected chi connectivity index (χ2v) is 5.79. The van der Waals surface area contributed by atoms with E-state index in [4.69, 9.17) is 29.6 Å². The summed E-state index contributed by atoms with van der Waals surface area (Å²) < 4.78 is 0. The van der Waals surface area contributed by atoms with E-state index in [1.165, 1.54) is 0 Å². The van der Waals surface area contributed by atoms with Gasteiger partial charge in [-0.1, -0.05) is 48.0 Å². The number of nitriles is 1. The molecule has 1 amide bonds. The molecule has 0 spiro atoms. The van der Waals surface area contributed by atoms with Crippen LogP contribution in [0.15, 0.2) is 59.7 Å². The van der Waals surface area contributed by atoms with Crippen molar-refractivity contribution in [1.82, 2.24) is 5.43 Å². The normalized spacial score (nSPS) is 11.9. The molecule has 0 aliphatic carbocycles. The van der Waals surface area contributed by atoms with Crippen LogP contribution >= 0.6 is 23.8 Å². The number of carbonyl (C=O) groups is 1. The van der Waals surface area contributed by atoms with Crippen molar-refractivity contribution in [3.63, 3.8) is 0 Å². The first-order valence-electron chi connectivity index (χ1n) is 7.15. The molecule has 0 bridgehead atoms. The Labute approximate surface area is 155 Å². The van der Waals surface area contributed by atoms with Gasteiger partial charge in [0.05, 0.1) is 6.07 Å². The molecule has 1 atom stereocenters. The third kappa shape index (κ3) is 5.28. The second kappa shape index (κ2) is 8.78. The molecule has 2 aromatic rings. The third-order valence-corrected chi connectivity index (χ3v) is 3.46. The Morgan fingerprint density at radius 1 is 1.24 bits per heavy atom. The fraction of sp³-hybridized carbons (Fsp3) is 0.0588. The fourth-order valence-electron chi connectivity index (χ4n) is 2.06. The van der Waals surface area contributed by atoms with Crippen molar-refractivity contribution in [3.8, 4) is 6.07 Å². The van der Waals surface area contributed by atoms with Crippen molar-refractivity contribution in [2.45, 2.75) is 5.92 Å². The minimum absolute atomic E-state index is 0.0681. The number of amides is 1. The highest BCUT2D eigenvalue weighted by Crippen LogP contribution is 2.19. The van der Waals surface area contributed by atoms with Gasteiger partial charge in [0.25, 0.3) is 5.91 Å². The van der Waals surface area contributed by atoms with Crippen molar-refractivity contribution < 1.29 is 4.79 Å². The molecule has 0 fully saturated rings. The molecule has 25 heavy (non-hydrogen) atoms. The summed E-state index contributed by atoms with van der Waals surface area (Å²) in [7, 11) is 0. The highest BCUT2D eigenvalue weighted by molar-refractivity contribution is 7.80. The molecule has 126 valence electrons. The minimum atomic E-state index is -0.901. The zero-order valence-corrected chi connectivity index (χ0v) is 14.5. The topological polar surface area (TPSA) is 103 Å². The largest absolute Gasteiger partial charge is 0.375 e. The lowest BCUT2D eigenvalue weighted by atomic mass is 9.95. The summed E-state index contributed by atoms with van der Waals surface area (Å²) in [6, 6.07) is 17.5. The summed E-state index contributed by atoms with van der Waals surface area (Å²) in [5, 5.41) is 16.5. The number of nitrogens with one attached hydrogen (secondary N) is 2. The van der Waals surface area contributed by atoms with Gasteiger partial charge in [0.2, 0.25) is 0 Å². The van der Waals surface area contributed by atoms with Crippen LogP contribution in [0, 0.1) is 11.3 Å². The molecule has 0 unspecified atom stereocenters. The first kappa shape index (κ1) is 18.4. The van der Waals surface area contributed by atoms with E-state index in [-0.39, 0.29) is 10.8 Å². The highest BCUT2D eigenvalue weighted by Gasteiger charge is 2.25. The van der Waals surface area contributed by atoms with E-state index in [9.17, 15) is 10.1 Å². The van der Waals surface area contributed by atoms with Crippen LogP contribution in [-0.4, -0.2) is 16.7 Å². The van der Waals surface area contributed by atoms with Crippen LogP contribution in [0.5, 0.6) is 0 Å². The summed E-state index contributed by atoms with van der Waals surface area (Å²) >= 11 is 10.6. The van der Waals surface area contributed by atoms with Gasteiger partial charge in [0.15, 0.2) is 5.11 Å². The number of hydrazone groups is 1. The van der Waals surface area contributed by atoms with Crippen molar-refractivity contribution in [1.29, 1.82) is 5.26 Å². The van der Waals surface area contributed by atoms with Gasteiger partial charge in [-0.05, 0) is 36.0 Å². The Hall–Kier alpha value is -2.95. The summed E-state index contributed by atoms with van der Waals surface area (Å²) in [4.78, 5) is 12.6. The van der Waals surface area contributed by atoms with Gasteiger partial charge in [-0.2, -0.15) is 10.4 Å². The average molecular weight is 372 g/mol. The lowest BCUT2D eigenvalue weighted by Gasteiger charge is -2.13. The molecule has 0 aromatic heterocycles. The average Bonchev–Trinajstić information content (AvgIpc) is 2.59. The van der Waals surface area contributed by atoms with Crippen LogP contribution < -0.4 is 16.5 Å². The standard InChI is InChI=1S/C17H14ClN5OS/c18-12-7-4-8-13(9-12)21-16(24)15(22-23-17(20)25)14(10-19)11-5-2-1-3-6-11/h1-9,14H,(H,21,24)(H3,20,23,25)/b22-15+/t14-/m0/s1. The number of nitrogens with two attached hydrogens (primary N) is 1. The van der Waals surface area contributed by atoms with Gasteiger partial charge in [-0.15, -0.1) is 0 Å². The zero-order valence-electron chi connectivity index (χ0n) is 12.9. The molecule has 0 saturated heterocycles. The number of hydrogen-bond acceptors (Lipinski definition) is 4. The van der Waals surface area contributed by atoms with Crippen LogP contribution in [0.25, 0.3) is 0 Å². The number of hydrogen-bond donors (Lipinski definition) is 3. The number of halogens is 1. The van der Waals surface area contributed by atoms with Gasteiger partial charge in [-0.25, -0.2) is 0 Å². The van der Waals surface area contributed by atoms with Crippen LogP contribution in [0.2, 0.25) is 5.02 Å². The molecule has 2 aromatic carbocycles. The summed E-state index contributed by atoms with van der Waals surface area (Å²) in [6.45, 7) is 0. The van der Waals surface area contributed by atoms with Crippen LogP contribution in [0.4, 0.5) is 5.69 Å². The summed E-state index contributed by atoms with van der Waals surface area (Å²) in [5.41, 5.74) is 8.77. The molecule has 4 N–H and O–H groups in total. The molecule has 0 radical (unpaired) electrons. The van der Waals surface area contributed by atoms with E-state index in [1.54, 1.807) is 48.5 Å². The maximum atomic E-state index is 12.6. The number of carbonyl (C=O) groups excluding carboxylic acids is 1. The number of thiocarbonyl (C=S) groups is 1. The number of benzene rings is 2. The number of rotatable bonds is 5. The van der Waals surface area contributed by atoms with Crippen LogP contribution in [0.1, 0.15) is 11.5 Å². The maximum Gasteiger partial charge on any atom is 0.273 e. The molecule has 2 rings (SSSR count). The smallest absolute Gasteiger partial charge is 0.273 e. The maximum absolute atomic E-state index is 12.6.